The van der Waals surface area contributed by atoms with Crippen LogP contribution in [0.15, 0.2) is 49.1 Å². The first kappa shape index (κ1) is 15.8. The zero-order valence-electron chi connectivity index (χ0n) is 14.3. The Hall–Kier alpha value is -3.66. The van der Waals surface area contributed by atoms with Crippen molar-refractivity contribution in [1.82, 2.24) is 24.7 Å². The van der Waals surface area contributed by atoms with Crippen molar-refractivity contribution in [3.05, 3.63) is 49.1 Å². The number of hydrogen-bond acceptors (Lipinski definition) is 5. The van der Waals surface area contributed by atoms with Gasteiger partial charge >= 0.3 is 0 Å². The van der Waals surface area contributed by atoms with Gasteiger partial charge in [-0.05, 0) is 17.7 Å². The number of aromatic amines is 1. The summed E-state index contributed by atoms with van der Waals surface area (Å²) < 4.78 is 1.75. The first-order valence-corrected chi connectivity index (χ1v) is 8.29. The Morgan fingerprint density at radius 1 is 1.27 bits per heavy atom. The second-order valence-corrected chi connectivity index (χ2v) is 5.97. The molecular weight excluding hydrogens is 326 g/mol. The Kier molecular flexibility index (Phi) is 4.07. The van der Waals surface area contributed by atoms with E-state index in [1.165, 1.54) is 0 Å². The van der Waals surface area contributed by atoms with Crippen LogP contribution in [0.4, 0.5) is 5.69 Å². The monoisotopic (exact) mass is 343 g/mol. The first-order chi connectivity index (χ1) is 12.7. The number of aromatic nitrogens is 5. The normalized spacial score (nSPS) is 10.8. The summed E-state index contributed by atoms with van der Waals surface area (Å²) in [5.74, 6) is 0. The Morgan fingerprint density at radius 3 is 3.00 bits per heavy atom. The number of nitriles is 1. The molecule has 3 heterocycles. The summed E-state index contributed by atoms with van der Waals surface area (Å²) in [7, 11) is 1.88. The summed E-state index contributed by atoms with van der Waals surface area (Å²) in [6.45, 7) is 0.624. The fraction of sp³-hybridized carbons (Fsp3) is 0.158. The molecule has 0 aliphatic rings. The number of H-pyrrole nitrogens is 1. The molecule has 0 fully saturated rings. The van der Waals surface area contributed by atoms with Crippen molar-refractivity contribution in [2.45, 2.75) is 6.42 Å². The van der Waals surface area contributed by atoms with Gasteiger partial charge < -0.3 is 10.3 Å². The number of nitrogens with one attached hydrogen (secondary N) is 2. The third-order valence-corrected chi connectivity index (χ3v) is 4.12. The fourth-order valence-electron chi connectivity index (χ4n) is 2.86. The molecule has 7 nitrogen and oxygen atoms in total. The topological polar surface area (TPSA) is 95.2 Å². The molecule has 4 aromatic rings. The van der Waals surface area contributed by atoms with Crippen LogP contribution in [0.5, 0.6) is 0 Å². The molecule has 2 N–H and O–H groups in total. The van der Waals surface area contributed by atoms with Crippen molar-refractivity contribution in [1.29, 1.82) is 5.26 Å². The molecule has 0 saturated heterocycles. The van der Waals surface area contributed by atoms with Gasteiger partial charge in [-0.25, -0.2) is 9.97 Å². The van der Waals surface area contributed by atoms with Crippen LogP contribution in [0.2, 0.25) is 0 Å². The van der Waals surface area contributed by atoms with Gasteiger partial charge in [-0.1, -0.05) is 12.1 Å². The van der Waals surface area contributed by atoms with Gasteiger partial charge in [-0.3, -0.25) is 4.68 Å². The second-order valence-electron chi connectivity index (χ2n) is 5.97. The molecule has 0 aliphatic carbocycles. The van der Waals surface area contributed by atoms with Crippen LogP contribution in [0.25, 0.3) is 33.5 Å². The predicted octanol–water partition coefficient (Wildman–Crippen LogP) is 3.35. The summed E-state index contributed by atoms with van der Waals surface area (Å²) in [6.07, 6.45) is 7.84. The van der Waals surface area contributed by atoms with Gasteiger partial charge in [0.15, 0.2) is 5.65 Å². The average Bonchev–Trinajstić information content (AvgIpc) is 3.28. The van der Waals surface area contributed by atoms with Crippen LogP contribution in [0.1, 0.15) is 6.42 Å². The molecule has 0 atom stereocenters. The van der Waals surface area contributed by atoms with Crippen molar-refractivity contribution in [3.8, 4) is 28.5 Å². The number of rotatable bonds is 5. The highest BCUT2D eigenvalue weighted by atomic mass is 15.2. The third-order valence-electron chi connectivity index (χ3n) is 4.12. The number of hydrogen-bond donors (Lipinski definition) is 2. The van der Waals surface area contributed by atoms with Gasteiger partial charge in [-0.2, -0.15) is 10.4 Å². The Labute approximate surface area is 150 Å². The van der Waals surface area contributed by atoms with E-state index in [2.05, 4.69) is 32.5 Å². The molecule has 26 heavy (non-hydrogen) atoms. The van der Waals surface area contributed by atoms with Crippen molar-refractivity contribution in [2.24, 2.45) is 7.05 Å². The fourth-order valence-corrected chi connectivity index (χ4v) is 2.86. The Morgan fingerprint density at radius 2 is 2.19 bits per heavy atom. The van der Waals surface area contributed by atoms with Gasteiger partial charge in [0.05, 0.1) is 30.6 Å². The summed E-state index contributed by atoms with van der Waals surface area (Å²) in [6, 6.07) is 10.2. The minimum absolute atomic E-state index is 0.470. The lowest BCUT2D eigenvalue weighted by atomic mass is 10.1. The molecule has 1 aromatic carbocycles. The lowest BCUT2D eigenvalue weighted by molar-refractivity contribution is 0.768. The van der Waals surface area contributed by atoms with E-state index < -0.39 is 0 Å². The maximum Gasteiger partial charge on any atom is 0.156 e. The van der Waals surface area contributed by atoms with E-state index in [1.807, 2.05) is 37.6 Å². The van der Waals surface area contributed by atoms with E-state index in [0.717, 1.165) is 39.2 Å². The lowest BCUT2D eigenvalue weighted by Gasteiger charge is -2.06. The van der Waals surface area contributed by atoms with Crippen molar-refractivity contribution >= 4 is 16.9 Å². The van der Waals surface area contributed by atoms with Crippen LogP contribution in [0, 0.1) is 11.3 Å². The molecule has 4 rings (SSSR count). The molecule has 0 aliphatic heterocycles. The summed E-state index contributed by atoms with van der Waals surface area (Å²) in [4.78, 5) is 12.5. The molecule has 0 bridgehead atoms. The average molecular weight is 343 g/mol. The molecule has 3 aromatic heterocycles. The van der Waals surface area contributed by atoms with E-state index in [9.17, 15) is 0 Å². The zero-order chi connectivity index (χ0) is 17.9. The molecular formula is C19H17N7. The maximum atomic E-state index is 8.67. The van der Waals surface area contributed by atoms with E-state index in [1.54, 1.807) is 17.1 Å². The highest BCUT2D eigenvalue weighted by Crippen LogP contribution is 2.29. The first-order valence-electron chi connectivity index (χ1n) is 8.29. The summed E-state index contributed by atoms with van der Waals surface area (Å²) in [5.41, 5.74) is 6.29. The highest BCUT2D eigenvalue weighted by molar-refractivity contribution is 5.92. The van der Waals surface area contributed by atoms with Crippen molar-refractivity contribution < 1.29 is 0 Å². The van der Waals surface area contributed by atoms with Crippen LogP contribution in [-0.4, -0.2) is 31.3 Å². The van der Waals surface area contributed by atoms with E-state index >= 15 is 0 Å². The second kappa shape index (κ2) is 6.69. The molecule has 0 spiro atoms. The van der Waals surface area contributed by atoms with Gasteiger partial charge in [0.2, 0.25) is 0 Å². The minimum Gasteiger partial charge on any atom is -0.384 e. The third kappa shape index (κ3) is 3.00. The standard InChI is InChI=1S/C19H17N7/c1-26-12-14(9-24-26)17-11-23-19-18(25-17)16(10-22-19)13-4-2-5-15(8-13)21-7-3-6-20/h2,4-5,8-12,21H,3,7H2,1H3,(H,22,23). The zero-order valence-corrected chi connectivity index (χ0v) is 14.3. The SMILES string of the molecule is Cn1cc(-c2cnc3[nH]cc(-c4cccc(NCCC#N)c4)c3n2)cn1. The van der Waals surface area contributed by atoms with Gasteiger partial charge in [0.25, 0.3) is 0 Å². The summed E-state index contributed by atoms with van der Waals surface area (Å²) in [5, 5.41) is 16.1. The van der Waals surface area contributed by atoms with Gasteiger partial charge in [0, 0.05) is 42.8 Å². The Bertz CT molecular complexity index is 1100. The number of fused-ring (bicyclic) bond motifs is 1. The molecule has 0 saturated carbocycles. The molecule has 0 amide bonds. The molecule has 0 radical (unpaired) electrons. The van der Waals surface area contributed by atoms with Gasteiger partial charge in [-0.15, -0.1) is 0 Å². The van der Waals surface area contributed by atoms with E-state index in [-0.39, 0.29) is 0 Å². The van der Waals surface area contributed by atoms with Crippen molar-refractivity contribution in [3.63, 3.8) is 0 Å². The molecule has 7 heteroatoms. The van der Waals surface area contributed by atoms with Crippen LogP contribution < -0.4 is 5.32 Å². The molecule has 0 unspecified atom stereocenters. The number of benzene rings is 1. The van der Waals surface area contributed by atoms with Gasteiger partial charge in [0.1, 0.15) is 5.52 Å². The number of nitrogens with zero attached hydrogens (tertiary/aromatic N) is 5. The molecule has 128 valence electrons. The predicted molar refractivity (Wildman–Crippen MR) is 100 cm³/mol. The van der Waals surface area contributed by atoms with E-state index in [4.69, 9.17) is 10.2 Å². The van der Waals surface area contributed by atoms with Crippen molar-refractivity contribution in [2.75, 3.05) is 11.9 Å². The van der Waals surface area contributed by atoms with Crippen LogP contribution in [-0.2, 0) is 7.05 Å². The maximum absolute atomic E-state index is 8.67. The summed E-state index contributed by atoms with van der Waals surface area (Å²) >= 11 is 0. The number of aryl methyl sites for hydroxylation is 1. The van der Waals surface area contributed by atoms with Crippen LogP contribution >= 0.6 is 0 Å². The quantitative estimate of drug-likeness (QED) is 0.542. The van der Waals surface area contributed by atoms with E-state index in [0.29, 0.717) is 13.0 Å². The smallest absolute Gasteiger partial charge is 0.156 e. The largest absolute Gasteiger partial charge is 0.384 e. The number of anilines is 1. The minimum atomic E-state index is 0.470. The van der Waals surface area contributed by atoms with Crippen LogP contribution in [0.3, 0.4) is 0 Å². The Balaban J connectivity index is 1.73. The lowest BCUT2D eigenvalue weighted by Crippen LogP contribution is -1.99. The highest BCUT2D eigenvalue weighted by Gasteiger charge is 2.12.